The number of alkyl halides is 2. The van der Waals surface area contributed by atoms with Crippen LogP contribution in [0.3, 0.4) is 0 Å². The SMILES string of the molecule is CCNC(=NCc1cccc(OC)c1O)NC1CCCN(c2ccc(OC(F)F)cc2)C1. The van der Waals surface area contributed by atoms with Gasteiger partial charge >= 0.3 is 6.61 Å². The average molecular weight is 449 g/mol. The van der Waals surface area contributed by atoms with Crippen molar-refractivity contribution in [1.29, 1.82) is 0 Å². The highest BCUT2D eigenvalue weighted by molar-refractivity contribution is 5.80. The molecule has 32 heavy (non-hydrogen) atoms. The van der Waals surface area contributed by atoms with Crippen LogP contribution in [0.25, 0.3) is 0 Å². The number of phenols is 1. The first-order valence-corrected chi connectivity index (χ1v) is 10.7. The van der Waals surface area contributed by atoms with E-state index >= 15 is 0 Å². The van der Waals surface area contributed by atoms with E-state index in [1.54, 1.807) is 30.3 Å². The van der Waals surface area contributed by atoms with Gasteiger partial charge in [0.2, 0.25) is 0 Å². The summed E-state index contributed by atoms with van der Waals surface area (Å²) in [6.45, 7) is 1.82. The lowest BCUT2D eigenvalue weighted by molar-refractivity contribution is -0.0498. The number of hydrogen-bond donors (Lipinski definition) is 3. The number of methoxy groups -OCH3 is 1. The highest BCUT2D eigenvalue weighted by atomic mass is 19.3. The van der Waals surface area contributed by atoms with Gasteiger partial charge in [-0.05, 0) is 50.1 Å². The summed E-state index contributed by atoms with van der Waals surface area (Å²) in [6.07, 6.45) is 1.97. The van der Waals surface area contributed by atoms with E-state index in [4.69, 9.17) is 4.74 Å². The van der Waals surface area contributed by atoms with Gasteiger partial charge in [-0.3, -0.25) is 0 Å². The summed E-state index contributed by atoms with van der Waals surface area (Å²) in [5.74, 6) is 1.33. The van der Waals surface area contributed by atoms with Gasteiger partial charge in [-0.1, -0.05) is 12.1 Å². The maximum absolute atomic E-state index is 12.4. The first-order valence-electron chi connectivity index (χ1n) is 10.7. The molecule has 1 aliphatic heterocycles. The Morgan fingerprint density at radius 1 is 1.25 bits per heavy atom. The summed E-state index contributed by atoms with van der Waals surface area (Å²) in [7, 11) is 1.52. The maximum atomic E-state index is 12.4. The number of phenolic OH excluding ortho intramolecular Hbond substituents is 1. The molecule has 0 radical (unpaired) electrons. The van der Waals surface area contributed by atoms with Crippen molar-refractivity contribution in [3.63, 3.8) is 0 Å². The van der Waals surface area contributed by atoms with E-state index < -0.39 is 6.61 Å². The number of anilines is 1. The van der Waals surface area contributed by atoms with Crippen LogP contribution in [0.4, 0.5) is 14.5 Å². The van der Waals surface area contributed by atoms with Crippen LogP contribution >= 0.6 is 0 Å². The van der Waals surface area contributed by atoms with Crippen LogP contribution in [0.2, 0.25) is 0 Å². The fourth-order valence-electron chi connectivity index (χ4n) is 3.71. The Morgan fingerprint density at radius 2 is 2.03 bits per heavy atom. The number of benzene rings is 2. The lowest BCUT2D eigenvalue weighted by Gasteiger charge is -2.35. The van der Waals surface area contributed by atoms with Gasteiger partial charge < -0.3 is 30.1 Å². The Labute approximate surface area is 187 Å². The molecule has 0 aromatic heterocycles. The van der Waals surface area contributed by atoms with Crippen molar-refractivity contribution in [1.82, 2.24) is 10.6 Å². The van der Waals surface area contributed by atoms with Gasteiger partial charge in [0.1, 0.15) is 5.75 Å². The molecule has 0 spiro atoms. The minimum absolute atomic E-state index is 0.0951. The van der Waals surface area contributed by atoms with E-state index in [1.807, 2.05) is 19.1 Å². The molecule has 174 valence electrons. The first-order chi connectivity index (χ1) is 15.5. The maximum Gasteiger partial charge on any atom is 0.387 e. The molecule has 2 aromatic rings. The van der Waals surface area contributed by atoms with Crippen molar-refractivity contribution in [2.75, 3.05) is 31.6 Å². The monoisotopic (exact) mass is 448 g/mol. The Hall–Kier alpha value is -3.23. The van der Waals surface area contributed by atoms with E-state index in [-0.39, 0.29) is 17.5 Å². The highest BCUT2D eigenvalue weighted by Crippen LogP contribution is 2.29. The van der Waals surface area contributed by atoms with Crippen molar-refractivity contribution in [2.24, 2.45) is 4.99 Å². The third kappa shape index (κ3) is 6.38. The summed E-state index contributed by atoms with van der Waals surface area (Å²) >= 11 is 0. The summed E-state index contributed by atoms with van der Waals surface area (Å²) in [6, 6.07) is 12.2. The van der Waals surface area contributed by atoms with E-state index in [1.165, 1.54) is 7.11 Å². The van der Waals surface area contributed by atoms with Gasteiger partial charge in [0.05, 0.1) is 13.7 Å². The fourth-order valence-corrected chi connectivity index (χ4v) is 3.71. The number of halogens is 2. The molecule has 0 bridgehead atoms. The van der Waals surface area contributed by atoms with Gasteiger partial charge in [-0.2, -0.15) is 8.78 Å². The second-order valence-corrected chi connectivity index (χ2v) is 7.47. The first kappa shape index (κ1) is 23.4. The number of guanidine groups is 1. The van der Waals surface area contributed by atoms with Gasteiger partial charge in [-0.15, -0.1) is 0 Å². The molecule has 0 amide bonds. The van der Waals surface area contributed by atoms with Crippen LogP contribution in [0.1, 0.15) is 25.3 Å². The number of aromatic hydroxyl groups is 1. The van der Waals surface area contributed by atoms with Crippen LogP contribution in [0, 0.1) is 0 Å². The molecule has 1 saturated heterocycles. The molecule has 0 saturated carbocycles. The smallest absolute Gasteiger partial charge is 0.387 e. The molecule has 9 heteroatoms. The lowest BCUT2D eigenvalue weighted by Crippen LogP contribution is -2.51. The minimum Gasteiger partial charge on any atom is -0.504 e. The minimum atomic E-state index is -2.83. The Morgan fingerprint density at radius 3 is 2.72 bits per heavy atom. The molecule has 1 atom stereocenters. The van der Waals surface area contributed by atoms with E-state index in [9.17, 15) is 13.9 Å². The van der Waals surface area contributed by atoms with Crippen LogP contribution in [-0.2, 0) is 6.54 Å². The average Bonchev–Trinajstić information content (AvgIpc) is 2.79. The molecule has 2 aromatic carbocycles. The number of nitrogens with zero attached hydrogens (tertiary/aromatic N) is 2. The van der Waals surface area contributed by atoms with Crippen molar-refractivity contribution < 1.29 is 23.4 Å². The molecule has 0 aliphatic carbocycles. The van der Waals surface area contributed by atoms with E-state index in [2.05, 4.69) is 25.3 Å². The topological polar surface area (TPSA) is 78.4 Å². The third-order valence-corrected chi connectivity index (χ3v) is 5.24. The zero-order chi connectivity index (χ0) is 22.9. The molecule has 3 rings (SSSR count). The molecule has 1 heterocycles. The summed E-state index contributed by atoms with van der Waals surface area (Å²) in [5, 5.41) is 17.0. The second kappa shape index (κ2) is 11.4. The van der Waals surface area contributed by atoms with Gasteiger partial charge in [-0.25, -0.2) is 4.99 Å². The lowest BCUT2D eigenvalue weighted by atomic mass is 10.0. The van der Waals surface area contributed by atoms with Crippen molar-refractivity contribution in [3.05, 3.63) is 48.0 Å². The van der Waals surface area contributed by atoms with E-state index in [0.29, 0.717) is 30.4 Å². The molecule has 1 unspecified atom stereocenters. The molecule has 1 fully saturated rings. The number of hydrogen-bond acceptors (Lipinski definition) is 5. The van der Waals surface area contributed by atoms with Crippen molar-refractivity contribution in [2.45, 2.75) is 39.0 Å². The quantitative estimate of drug-likeness (QED) is 0.422. The summed E-state index contributed by atoms with van der Waals surface area (Å²) in [4.78, 5) is 6.84. The summed E-state index contributed by atoms with van der Waals surface area (Å²) < 4.78 is 34.3. The normalized spacial score (nSPS) is 16.7. The second-order valence-electron chi connectivity index (χ2n) is 7.47. The molecule has 3 N–H and O–H groups in total. The van der Waals surface area contributed by atoms with Gasteiger partial charge in [0, 0.05) is 36.9 Å². The fraction of sp³-hybridized carbons (Fsp3) is 0.435. The zero-order valence-electron chi connectivity index (χ0n) is 18.4. The largest absolute Gasteiger partial charge is 0.504 e. The van der Waals surface area contributed by atoms with Crippen LogP contribution in [-0.4, -0.2) is 50.5 Å². The number of piperidine rings is 1. The molecule has 7 nitrogen and oxygen atoms in total. The Kier molecular flexibility index (Phi) is 8.35. The van der Waals surface area contributed by atoms with Gasteiger partial charge in [0.15, 0.2) is 17.5 Å². The van der Waals surface area contributed by atoms with Crippen LogP contribution in [0.5, 0.6) is 17.2 Å². The predicted octanol–water partition coefficient (Wildman–Crippen LogP) is 3.73. The highest BCUT2D eigenvalue weighted by Gasteiger charge is 2.21. The number of para-hydroxylation sites is 1. The van der Waals surface area contributed by atoms with Crippen LogP contribution in [0.15, 0.2) is 47.5 Å². The Bertz CT molecular complexity index is 893. The van der Waals surface area contributed by atoms with Crippen LogP contribution < -0.4 is 25.0 Å². The van der Waals surface area contributed by atoms with E-state index in [0.717, 1.165) is 31.6 Å². The molecule has 1 aliphatic rings. The summed E-state index contributed by atoms with van der Waals surface area (Å²) in [5.41, 5.74) is 1.64. The Balaban J connectivity index is 1.64. The molecular formula is C23H30F2N4O3. The zero-order valence-corrected chi connectivity index (χ0v) is 18.4. The number of ether oxygens (including phenoxy) is 2. The number of rotatable bonds is 8. The predicted molar refractivity (Wildman–Crippen MR) is 121 cm³/mol. The van der Waals surface area contributed by atoms with Gasteiger partial charge in [0.25, 0.3) is 0 Å². The standard InChI is InChI=1S/C23H30F2N4O3/c1-3-26-23(27-14-16-6-4-8-20(31-2)21(16)30)28-17-7-5-13-29(15-17)18-9-11-19(12-10-18)32-22(24)25/h4,6,8-12,17,22,30H,3,5,7,13-15H2,1-2H3,(H2,26,27,28). The van der Waals surface area contributed by atoms with Crippen molar-refractivity contribution >= 4 is 11.6 Å². The van der Waals surface area contributed by atoms with Crippen molar-refractivity contribution in [3.8, 4) is 17.2 Å². The number of nitrogens with one attached hydrogen (secondary N) is 2. The molecular weight excluding hydrogens is 418 g/mol. The third-order valence-electron chi connectivity index (χ3n) is 5.24. The number of aliphatic imine (C=N–C) groups is 1.